The molecule has 352 valence electrons. The van der Waals surface area contributed by atoms with Crippen LogP contribution in [0.5, 0.6) is 23.0 Å². The lowest BCUT2D eigenvalue weighted by Crippen LogP contribution is -2.43. The highest BCUT2D eigenvalue weighted by molar-refractivity contribution is 5.99. The number of nitrogens with one attached hydrogen (secondary N) is 2. The zero-order chi connectivity index (χ0) is 45.3. The van der Waals surface area contributed by atoms with Crippen molar-refractivity contribution in [3.8, 4) is 23.0 Å². The van der Waals surface area contributed by atoms with Gasteiger partial charge in [-0.05, 0) is 92.9 Å². The summed E-state index contributed by atoms with van der Waals surface area (Å²) in [6, 6.07) is 16.9. The van der Waals surface area contributed by atoms with Gasteiger partial charge in [0.25, 0.3) is 11.8 Å². The van der Waals surface area contributed by atoms with Crippen LogP contribution >= 0.6 is 0 Å². The number of hydrogen-bond donors (Lipinski definition) is 3. The summed E-state index contributed by atoms with van der Waals surface area (Å²) in [5, 5.41) is 5.27. The predicted molar refractivity (Wildman–Crippen MR) is 233 cm³/mol. The number of alkyl halides is 2. The Morgan fingerprint density at radius 2 is 0.938 bits per heavy atom. The molecule has 0 fully saturated rings. The van der Waals surface area contributed by atoms with Gasteiger partial charge in [0, 0.05) is 11.1 Å². The van der Waals surface area contributed by atoms with E-state index in [9.17, 15) is 45.5 Å². The molecule has 4 aromatic rings. The second-order valence-corrected chi connectivity index (χ2v) is 13.6. The number of rotatable bonds is 26. The lowest BCUT2D eigenvalue weighted by atomic mass is 10.0. The summed E-state index contributed by atoms with van der Waals surface area (Å²) >= 11 is 0. The first kappa shape index (κ1) is 55.9. The van der Waals surface area contributed by atoms with Gasteiger partial charge in [0.05, 0.1) is 12.1 Å². The van der Waals surface area contributed by atoms with E-state index in [0.29, 0.717) is 43.7 Å². The molecule has 0 aromatic heterocycles. The maximum absolute atomic E-state index is 13.7. The molecule has 0 saturated carbocycles. The lowest BCUT2D eigenvalue weighted by Gasteiger charge is -2.18. The quantitative estimate of drug-likeness (QED) is 0.0414. The average Bonchev–Trinajstić information content (AvgIpc) is 3.26. The van der Waals surface area contributed by atoms with Gasteiger partial charge in [0.2, 0.25) is 0 Å². The fraction of sp³-hybridized carbons (Fsp3) is 0.404. The van der Waals surface area contributed by atoms with Crippen LogP contribution < -0.4 is 35.3 Å². The number of nitrogens with two attached hydrogens (primary N) is 1. The van der Waals surface area contributed by atoms with Gasteiger partial charge in [-0.3, -0.25) is 19.2 Å². The summed E-state index contributed by atoms with van der Waals surface area (Å²) in [4.78, 5) is 50.6. The number of halogens is 6. The SMILES string of the molecule is C.C.CCCCC[C@H](NC(=O)c1cccc(OCCF)c1)C(=O)COc1c(F)cccc1F.NCCCC[C@H](NC(=O)c1cccc(OCCF)c1)C(=O)COc1c(F)cccc1F. The first-order valence-corrected chi connectivity index (χ1v) is 20.0. The number of ketones is 2. The molecule has 0 saturated heterocycles. The smallest absolute Gasteiger partial charge is 0.251 e. The van der Waals surface area contributed by atoms with Crippen molar-refractivity contribution in [2.45, 2.75) is 78.8 Å². The van der Waals surface area contributed by atoms with Crippen molar-refractivity contribution >= 4 is 23.4 Å². The summed E-state index contributed by atoms with van der Waals surface area (Å²) < 4.78 is 99.9. The molecule has 4 N–H and O–H groups in total. The molecule has 64 heavy (non-hydrogen) atoms. The number of Topliss-reactive ketones (excluding diaryl/α,β-unsaturated/α-hetero) is 2. The van der Waals surface area contributed by atoms with Crippen LogP contribution in [0.15, 0.2) is 84.9 Å². The Bertz CT molecular complexity index is 1860. The molecule has 4 aromatic carbocycles. The van der Waals surface area contributed by atoms with Gasteiger partial charge in [-0.1, -0.05) is 65.3 Å². The molecule has 0 heterocycles. The zero-order valence-electron chi connectivity index (χ0n) is 34.2. The van der Waals surface area contributed by atoms with E-state index < -0.39 is 96.8 Å². The number of para-hydroxylation sites is 2. The Labute approximate surface area is 371 Å². The minimum absolute atomic E-state index is 0. The fourth-order valence-corrected chi connectivity index (χ4v) is 5.70. The van der Waals surface area contributed by atoms with Gasteiger partial charge in [0.15, 0.2) is 46.3 Å². The molecule has 2 atom stereocenters. The largest absolute Gasteiger partial charge is 0.491 e. The molecule has 0 bridgehead atoms. The second-order valence-electron chi connectivity index (χ2n) is 13.6. The highest BCUT2D eigenvalue weighted by atomic mass is 19.2. The Morgan fingerprint density at radius 1 is 0.562 bits per heavy atom. The Morgan fingerprint density at radius 3 is 1.30 bits per heavy atom. The highest BCUT2D eigenvalue weighted by Crippen LogP contribution is 2.23. The van der Waals surface area contributed by atoms with Gasteiger partial charge in [-0.25, -0.2) is 26.3 Å². The van der Waals surface area contributed by atoms with Gasteiger partial charge in [-0.15, -0.1) is 0 Å². The van der Waals surface area contributed by atoms with Crippen molar-refractivity contribution < 1.29 is 64.5 Å². The van der Waals surface area contributed by atoms with Crippen LogP contribution in [0, 0.1) is 23.3 Å². The van der Waals surface area contributed by atoms with Crippen LogP contribution in [0.25, 0.3) is 0 Å². The molecule has 2 amide bonds. The van der Waals surface area contributed by atoms with E-state index in [-0.39, 0.29) is 45.6 Å². The van der Waals surface area contributed by atoms with E-state index in [2.05, 4.69) is 10.6 Å². The maximum atomic E-state index is 13.7. The van der Waals surface area contributed by atoms with Crippen LogP contribution in [0.3, 0.4) is 0 Å². The number of carbonyl (C=O) groups is 4. The number of hydrogen-bond acceptors (Lipinski definition) is 9. The molecule has 4 rings (SSSR count). The van der Waals surface area contributed by atoms with Crippen LogP contribution in [0.1, 0.15) is 87.4 Å². The van der Waals surface area contributed by atoms with Gasteiger partial charge >= 0.3 is 0 Å². The third-order valence-corrected chi connectivity index (χ3v) is 8.87. The van der Waals surface area contributed by atoms with E-state index in [1.807, 2.05) is 6.92 Å². The topological polar surface area (TPSA) is 155 Å². The minimum atomic E-state index is -0.940. The minimum Gasteiger partial charge on any atom is -0.491 e. The number of unbranched alkanes of at least 4 members (excludes halogenated alkanes) is 3. The van der Waals surface area contributed by atoms with Crippen molar-refractivity contribution in [3.05, 3.63) is 119 Å². The molecule has 0 spiro atoms. The van der Waals surface area contributed by atoms with Gasteiger partial charge in [0.1, 0.15) is 51.3 Å². The van der Waals surface area contributed by atoms with Crippen molar-refractivity contribution in [1.82, 2.24) is 10.6 Å². The number of benzene rings is 4. The first-order chi connectivity index (χ1) is 29.9. The van der Waals surface area contributed by atoms with E-state index in [0.717, 1.165) is 37.1 Å². The molecule has 17 heteroatoms. The van der Waals surface area contributed by atoms with Crippen molar-refractivity contribution in [3.63, 3.8) is 0 Å². The van der Waals surface area contributed by atoms with E-state index in [1.165, 1.54) is 36.4 Å². The van der Waals surface area contributed by atoms with E-state index in [1.54, 1.807) is 24.3 Å². The number of carbonyl (C=O) groups excluding carboxylic acids is 4. The predicted octanol–water partition coefficient (Wildman–Crippen LogP) is 9.10. The lowest BCUT2D eigenvalue weighted by molar-refractivity contribution is -0.123. The molecule has 0 aliphatic carbocycles. The van der Waals surface area contributed by atoms with E-state index >= 15 is 0 Å². The third kappa shape index (κ3) is 19.1. The monoisotopic (exact) mass is 907 g/mol. The van der Waals surface area contributed by atoms with Crippen LogP contribution in [-0.2, 0) is 9.59 Å². The molecule has 11 nitrogen and oxygen atoms in total. The van der Waals surface area contributed by atoms with Gasteiger partial charge in [-0.2, -0.15) is 0 Å². The molecular weight excluding hydrogens is 849 g/mol. The second kappa shape index (κ2) is 30.9. The zero-order valence-corrected chi connectivity index (χ0v) is 34.2. The standard InChI is InChI=1S/C23H26F3NO4.C22H25F3N2O4.2CH4/c1-2-3-4-11-20(21(28)15-31-22-18(25)9-6-10-19(22)26)27-23(29)16-7-5-8-17(14-16)30-13-12-24;23-10-12-30-16-6-3-5-15(13-16)22(29)27-19(9-1-2-11-26)20(28)14-31-21-17(24)7-4-8-18(21)25;;/h5-10,14,20H,2-4,11-13,15H2,1H3,(H,27,29);3-8,13,19H,1-2,9-12,14,26H2,(H,27,29);2*1H4/t20-;19-;;/m00../s1. The van der Waals surface area contributed by atoms with Crippen LogP contribution in [-0.4, -0.2) is 81.8 Å². The van der Waals surface area contributed by atoms with Crippen LogP contribution in [0.2, 0.25) is 0 Å². The Hall–Kier alpha value is -6.10. The maximum Gasteiger partial charge on any atom is 0.251 e. The van der Waals surface area contributed by atoms with Gasteiger partial charge < -0.3 is 35.3 Å². The van der Waals surface area contributed by atoms with Crippen molar-refractivity contribution in [2.24, 2.45) is 5.73 Å². The van der Waals surface area contributed by atoms with Crippen molar-refractivity contribution in [1.29, 1.82) is 0 Å². The first-order valence-electron chi connectivity index (χ1n) is 20.0. The molecule has 0 radical (unpaired) electrons. The molecule has 0 aliphatic heterocycles. The highest BCUT2D eigenvalue weighted by Gasteiger charge is 2.25. The van der Waals surface area contributed by atoms with E-state index in [4.69, 9.17) is 24.7 Å². The fourth-order valence-electron chi connectivity index (χ4n) is 5.70. The summed E-state index contributed by atoms with van der Waals surface area (Å²) in [6.07, 6.45) is 4.29. The van der Waals surface area contributed by atoms with Crippen molar-refractivity contribution in [2.75, 3.05) is 46.3 Å². The Balaban J connectivity index is 0.000000621. The average molecular weight is 908 g/mol. The summed E-state index contributed by atoms with van der Waals surface area (Å²) in [5.74, 6) is -6.43. The normalized spacial score (nSPS) is 11.2. The summed E-state index contributed by atoms with van der Waals surface area (Å²) in [5.41, 5.74) is 5.94. The third-order valence-electron chi connectivity index (χ3n) is 8.87. The molecular formula is C47H59F6N3O8. The Kier molecular flexibility index (Phi) is 27.0. The number of ether oxygens (including phenoxy) is 4. The molecule has 0 unspecified atom stereocenters. The molecule has 0 aliphatic rings. The number of amides is 2. The summed E-state index contributed by atoms with van der Waals surface area (Å²) in [7, 11) is 0. The van der Waals surface area contributed by atoms with Crippen LogP contribution in [0.4, 0.5) is 26.3 Å². The summed E-state index contributed by atoms with van der Waals surface area (Å²) in [6.45, 7) is -0.395.